The van der Waals surface area contributed by atoms with Crippen LogP contribution >= 0.6 is 15.9 Å². The van der Waals surface area contributed by atoms with Crippen molar-refractivity contribution < 1.29 is 4.39 Å². The van der Waals surface area contributed by atoms with Crippen LogP contribution in [0.5, 0.6) is 0 Å². The number of fused-ring (bicyclic) bond motifs is 1. The number of aromatic nitrogens is 2. The monoisotopic (exact) mass is 311 g/mol. The van der Waals surface area contributed by atoms with Crippen LogP contribution in [0.4, 0.5) is 4.39 Å². The van der Waals surface area contributed by atoms with Gasteiger partial charge < -0.3 is 10.7 Å². The molecule has 3 rings (SSSR count). The molecule has 1 fully saturated rings. The van der Waals surface area contributed by atoms with Crippen LogP contribution in [-0.4, -0.2) is 16.0 Å². The van der Waals surface area contributed by atoms with Gasteiger partial charge in [0.05, 0.1) is 15.5 Å². The Balaban J connectivity index is 1.93. The molecule has 0 saturated heterocycles. The number of nitrogens with two attached hydrogens (primary N) is 1. The van der Waals surface area contributed by atoms with Crippen LogP contribution in [0, 0.1) is 5.82 Å². The maximum Gasteiger partial charge on any atom is 0.139 e. The summed E-state index contributed by atoms with van der Waals surface area (Å²) in [5.74, 6) is 1.14. The first-order valence-corrected chi connectivity index (χ1v) is 7.03. The third-order valence-electron chi connectivity index (χ3n) is 3.70. The van der Waals surface area contributed by atoms with Crippen LogP contribution in [0.3, 0.4) is 0 Å². The highest BCUT2D eigenvalue weighted by Crippen LogP contribution is 2.32. The quantitative estimate of drug-likeness (QED) is 0.847. The van der Waals surface area contributed by atoms with E-state index in [2.05, 4.69) is 25.9 Å². The molecule has 1 heterocycles. The molecule has 2 aromatic rings. The Morgan fingerprint density at radius 1 is 1.28 bits per heavy atom. The van der Waals surface area contributed by atoms with Gasteiger partial charge in [-0.1, -0.05) is 0 Å². The first-order valence-electron chi connectivity index (χ1n) is 6.23. The molecule has 1 aromatic carbocycles. The summed E-state index contributed by atoms with van der Waals surface area (Å²) >= 11 is 3.18. The van der Waals surface area contributed by atoms with E-state index in [0.29, 0.717) is 16.4 Å². The second kappa shape index (κ2) is 4.63. The molecule has 1 aromatic heterocycles. The number of H-pyrrole nitrogens is 1. The highest BCUT2D eigenvalue weighted by Gasteiger charge is 2.22. The van der Waals surface area contributed by atoms with E-state index < -0.39 is 0 Å². The Bertz CT molecular complexity index is 534. The third kappa shape index (κ3) is 2.17. The van der Waals surface area contributed by atoms with Crippen molar-refractivity contribution in [2.75, 3.05) is 0 Å². The van der Waals surface area contributed by atoms with Gasteiger partial charge in [-0.05, 0) is 47.7 Å². The largest absolute Gasteiger partial charge is 0.342 e. The smallest absolute Gasteiger partial charge is 0.139 e. The van der Waals surface area contributed by atoms with Crippen LogP contribution < -0.4 is 5.73 Å². The molecule has 1 aliphatic carbocycles. The molecule has 1 saturated carbocycles. The zero-order valence-electron chi connectivity index (χ0n) is 9.92. The van der Waals surface area contributed by atoms with E-state index in [1.807, 2.05) is 0 Å². The SMILES string of the molecule is NC1CCC(c2nc3cc(Br)c(F)cc3[nH]2)CC1. The van der Waals surface area contributed by atoms with E-state index in [4.69, 9.17) is 5.73 Å². The van der Waals surface area contributed by atoms with Crippen molar-refractivity contribution in [3.8, 4) is 0 Å². The summed E-state index contributed by atoms with van der Waals surface area (Å²) in [5.41, 5.74) is 7.48. The fraction of sp³-hybridized carbons (Fsp3) is 0.462. The summed E-state index contributed by atoms with van der Waals surface area (Å²) in [6, 6.07) is 3.54. The van der Waals surface area contributed by atoms with E-state index in [1.54, 1.807) is 6.07 Å². The highest BCUT2D eigenvalue weighted by molar-refractivity contribution is 9.10. The van der Waals surface area contributed by atoms with Gasteiger partial charge in [0.25, 0.3) is 0 Å². The third-order valence-corrected chi connectivity index (χ3v) is 4.31. The minimum absolute atomic E-state index is 0.261. The Labute approximate surface area is 113 Å². The van der Waals surface area contributed by atoms with Crippen molar-refractivity contribution in [1.29, 1.82) is 0 Å². The Kier molecular flexibility index (Phi) is 3.11. The molecule has 0 amide bonds. The van der Waals surface area contributed by atoms with Crippen molar-refractivity contribution in [3.63, 3.8) is 0 Å². The van der Waals surface area contributed by atoms with Crippen molar-refractivity contribution in [1.82, 2.24) is 9.97 Å². The summed E-state index contributed by atoms with van der Waals surface area (Å²) in [6.07, 6.45) is 4.20. The lowest BCUT2D eigenvalue weighted by Crippen LogP contribution is -2.26. The molecular weight excluding hydrogens is 297 g/mol. The predicted molar refractivity (Wildman–Crippen MR) is 72.9 cm³/mol. The molecule has 96 valence electrons. The first-order chi connectivity index (χ1) is 8.63. The summed E-state index contributed by atoms with van der Waals surface area (Å²) in [4.78, 5) is 7.81. The number of nitrogens with zero attached hydrogens (tertiary/aromatic N) is 1. The molecule has 0 aliphatic heterocycles. The molecule has 0 atom stereocenters. The molecule has 3 N–H and O–H groups in total. The van der Waals surface area contributed by atoms with Crippen molar-refractivity contribution in [3.05, 3.63) is 28.2 Å². The summed E-state index contributed by atoms with van der Waals surface area (Å²) in [6.45, 7) is 0. The molecule has 0 spiro atoms. The first kappa shape index (κ1) is 12.1. The fourth-order valence-corrected chi connectivity index (χ4v) is 2.94. The van der Waals surface area contributed by atoms with Gasteiger partial charge in [-0.3, -0.25) is 0 Å². The Morgan fingerprint density at radius 2 is 2.00 bits per heavy atom. The molecule has 0 bridgehead atoms. The van der Waals surface area contributed by atoms with Gasteiger partial charge in [0.2, 0.25) is 0 Å². The Morgan fingerprint density at radius 3 is 2.72 bits per heavy atom. The molecule has 5 heteroatoms. The number of hydrogen-bond acceptors (Lipinski definition) is 2. The van der Waals surface area contributed by atoms with Crippen LogP contribution in [0.15, 0.2) is 16.6 Å². The van der Waals surface area contributed by atoms with Gasteiger partial charge in [0.15, 0.2) is 0 Å². The fourth-order valence-electron chi connectivity index (χ4n) is 2.61. The number of hydrogen-bond donors (Lipinski definition) is 2. The van der Waals surface area contributed by atoms with Gasteiger partial charge in [-0.15, -0.1) is 0 Å². The zero-order valence-corrected chi connectivity index (χ0v) is 11.5. The Hall–Kier alpha value is -0.940. The number of aromatic amines is 1. The molecule has 3 nitrogen and oxygen atoms in total. The predicted octanol–water partition coefficient (Wildman–Crippen LogP) is 3.45. The highest BCUT2D eigenvalue weighted by atomic mass is 79.9. The van der Waals surface area contributed by atoms with E-state index in [0.717, 1.165) is 42.5 Å². The van der Waals surface area contributed by atoms with Crippen LogP contribution in [0.25, 0.3) is 11.0 Å². The van der Waals surface area contributed by atoms with Gasteiger partial charge in [-0.25, -0.2) is 9.37 Å². The molecule has 1 aliphatic rings. The zero-order chi connectivity index (χ0) is 12.7. The minimum atomic E-state index is -0.261. The van der Waals surface area contributed by atoms with Crippen molar-refractivity contribution >= 4 is 27.0 Å². The normalized spacial score (nSPS) is 24.6. The van der Waals surface area contributed by atoms with E-state index >= 15 is 0 Å². The topological polar surface area (TPSA) is 54.7 Å². The van der Waals surface area contributed by atoms with Gasteiger partial charge in [-0.2, -0.15) is 0 Å². The van der Waals surface area contributed by atoms with Crippen LogP contribution in [0.2, 0.25) is 0 Å². The lowest BCUT2D eigenvalue weighted by molar-refractivity contribution is 0.386. The van der Waals surface area contributed by atoms with Gasteiger partial charge in [0, 0.05) is 18.0 Å². The maximum atomic E-state index is 13.4. The lowest BCUT2D eigenvalue weighted by atomic mass is 9.86. The summed E-state index contributed by atoms with van der Waals surface area (Å²) in [7, 11) is 0. The second-order valence-corrected chi connectivity index (χ2v) is 5.87. The van der Waals surface area contributed by atoms with Crippen molar-refractivity contribution in [2.24, 2.45) is 5.73 Å². The molecule has 0 radical (unpaired) electrons. The standard InChI is InChI=1S/C13H15BrFN3/c14-9-5-11-12(6-10(9)15)18-13(17-11)7-1-3-8(16)4-2-7/h5-8H,1-4,16H2,(H,17,18). The van der Waals surface area contributed by atoms with Gasteiger partial charge in [0.1, 0.15) is 11.6 Å². The second-order valence-electron chi connectivity index (χ2n) is 5.02. The molecule has 0 unspecified atom stereocenters. The number of halogens is 2. The maximum absolute atomic E-state index is 13.4. The van der Waals surface area contributed by atoms with E-state index in [1.165, 1.54) is 6.07 Å². The number of rotatable bonds is 1. The number of imidazole rings is 1. The van der Waals surface area contributed by atoms with Gasteiger partial charge >= 0.3 is 0 Å². The molecular formula is C13H15BrFN3. The minimum Gasteiger partial charge on any atom is -0.342 e. The summed E-state index contributed by atoms with van der Waals surface area (Å²) < 4.78 is 13.9. The average Bonchev–Trinajstić information content (AvgIpc) is 2.73. The van der Waals surface area contributed by atoms with Crippen molar-refractivity contribution in [2.45, 2.75) is 37.6 Å². The summed E-state index contributed by atoms with van der Waals surface area (Å²) in [5, 5.41) is 0. The van der Waals surface area contributed by atoms with E-state index in [-0.39, 0.29) is 5.82 Å². The van der Waals surface area contributed by atoms with Crippen LogP contribution in [0.1, 0.15) is 37.4 Å². The van der Waals surface area contributed by atoms with E-state index in [9.17, 15) is 4.39 Å². The lowest BCUT2D eigenvalue weighted by Gasteiger charge is -2.24. The average molecular weight is 312 g/mol. The number of nitrogens with one attached hydrogen (secondary N) is 1. The molecule has 18 heavy (non-hydrogen) atoms. The number of benzene rings is 1. The van der Waals surface area contributed by atoms with Crippen LogP contribution in [-0.2, 0) is 0 Å².